The number of hydrogen-bond donors (Lipinski definition) is 1. The Bertz CT molecular complexity index is 411. The summed E-state index contributed by atoms with van der Waals surface area (Å²) in [6.45, 7) is 3.06. The molecular formula is C14H21NO2S. The number of thioether (sulfide) groups is 1. The maximum Gasteiger partial charge on any atom is 0.124 e. The highest BCUT2D eigenvalue weighted by Gasteiger charge is 2.29. The summed E-state index contributed by atoms with van der Waals surface area (Å²) in [5.41, 5.74) is 2.05. The van der Waals surface area contributed by atoms with Gasteiger partial charge in [0, 0.05) is 29.7 Å². The topological polar surface area (TPSA) is 32.7 Å². The molecule has 1 saturated heterocycles. The van der Waals surface area contributed by atoms with Crippen molar-refractivity contribution in [1.82, 2.24) is 4.90 Å². The second kappa shape index (κ2) is 5.95. The molecule has 1 aliphatic rings. The Hall–Kier alpha value is -0.710. The van der Waals surface area contributed by atoms with Gasteiger partial charge in [-0.1, -0.05) is 11.6 Å². The van der Waals surface area contributed by atoms with Crippen molar-refractivity contribution in [3.63, 3.8) is 0 Å². The number of aliphatic hydroxyl groups is 1. The van der Waals surface area contributed by atoms with E-state index in [9.17, 15) is 5.11 Å². The van der Waals surface area contributed by atoms with Gasteiger partial charge in [0.15, 0.2) is 0 Å². The Morgan fingerprint density at radius 2 is 2.28 bits per heavy atom. The minimum atomic E-state index is -0.488. The molecule has 0 saturated carbocycles. The molecule has 1 aromatic rings. The largest absolute Gasteiger partial charge is 0.496 e. The van der Waals surface area contributed by atoms with Crippen LogP contribution >= 0.6 is 11.8 Å². The van der Waals surface area contributed by atoms with Gasteiger partial charge >= 0.3 is 0 Å². The lowest BCUT2D eigenvalue weighted by atomic mass is 9.99. The molecule has 0 bridgehead atoms. The minimum Gasteiger partial charge on any atom is -0.496 e. The maximum absolute atomic E-state index is 10.6. The van der Waals surface area contributed by atoms with E-state index in [1.54, 1.807) is 7.11 Å². The van der Waals surface area contributed by atoms with Crippen LogP contribution in [0.1, 0.15) is 17.2 Å². The number of benzene rings is 1. The molecule has 0 radical (unpaired) electrons. The van der Waals surface area contributed by atoms with E-state index >= 15 is 0 Å². The second-order valence-corrected chi connectivity index (χ2v) is 5.96. The van der Waals surface area contributed by atoms with Crippen LogP contribution in [0.5, 0.6) is 5.75 Å². The van der Waals surface area contributed by atoms with Gasteiger partial charge in [-0.15, -0.1) is 0 Å². The molecule has 1 aromatic carbocycles. The molecule has 18 heavy (non-hydrogen) atoms. The fraction of sp³-hybridized carbons (Fsp3) is 0.571. The van der Waals surface area contributed by atoms with Crippen molar-refractivity contribution in [3.05, 3.63) is 29.3 Å². The number of likely N-dealkylation sites (N-methyl/N-ethyl adjacent to an activating group) is 1. The number of methoxy groups -OCH3 is 1. The minimum absolute atomic E-state index is 0.166. The molecule has 3 nitrogen and oxygen atoms in total. The van der Waals surface area contributed by atoms with Crippen molar-refractivity contribution >= 4 is 11.8 Å². The SMILES string of the molecule is COc1ccc(C)cc1C(O)C1CSCCN1C. The van der Waals surface area contributed by atoms with E-state index < -0.39 is 6.10 Å². The molecule has 1 heterocycles. The molecule has 1 fully saturated rings. The monoisotopic (exact) mass is 267 g/mol. The molecule has 0 aromatic heterocycles. The van der Waals surface area contributed by atoms with Gasteiger partial charge < -0.3 is 9.84 Å². The number of ether oxygens (including phenoxy) is 1. The van der Waals surface area contributed by atoms with Gasteiger partial charge in [-0.2, -0.15) is 11.8 Å². The number of aryl methyl sites for hydroxylation is 1. The van der Waals surface area contributed by atoms with Crippen LogP contribution in [0, 0.1) is 6.92 Å². The highest BCUT2D eigenvalue weighted by atomic mass is 32.2. The Morgan fingerprint density at radius 3 is 2.94 bits per heavy atom. The van der Waals surface area contributed by atoms with E-state index in [1.165, 1.54) is 0 Å². The van der Waals surface area contributed by atoms with Crippen molar-refractivity contribution in [2.45, 2.75) is 19.1 Å². The second-order valence-electron chi connectivity index (χ2n) is 4.81. The average Bonchev–Trinajstić information content (AvgIpc) is 2.38. The van der Waals surface area contributed by atoms with Crippen molar-refractivity contribution in [2.24, 2.45) is 0 Å². The number of nitrogens with zero attached hydrogens (tertiary/aromatic N) is 1. The Kier molecular flexibility index (Phi) is 4.54. The zero-order chi connectivity index (χ0) is 13.1. The van der Waals surface area contributed by atoms with Gasteiger partial charge in [0.2, 0.25) is 0 Å². The van der Waals surface area contributed by atoms with Gasteiger partial charge in [0.1, 0.15) is 5.75 Å². The smallest absolute Gasteiger partial charge is 0.124 e. The normalized spacial score (nSPS) is 22.8. The summed E-state index contributed by atoms with van der Waals surface area (Å²) >= 11 is 1.90. The molecule has 0 spiro atoms. The van der Waals surface area contributed by atoms with Gasteiger partial charge in [-0.3, -0.25) is 4.90 Å². The van der Waals surface area contributed by atoms with E-state index in [2.05, 4.69) is 11.9 Å². The maximum atomic E-state index is 10.6. The van der Waals surface area contributed by atoms with Crippen LogP contribution in [0.2, 0.25) is 0 Å². The van der Waals surface area contributed by atoms with Crippen LogP contribution in [-0.4, -0.2) is 48.3 Å². The molecule has 1 N–H and O–H groups in total. The van der Waals surface area contributed by atoms with Crippen LogP contribution in [0.3, 0.4) is 0 Å². The average molecular weight is 267 g/mol. The first kappa shape index (κ1) is 13.7. The summed E-state index contributed by atoms with van der Waals surface area (Å²) in [5.74, 6) is 2.89. The zero-order valence-electron chi connectivity index (χ0n) is 11.2. The fourth-order valence-corrected chi connectivity index (χ4v) is 3.59. The van der Waals surface area contributed by atoms with E-state index in [1.807, 2.05) is 36.9 Å². The molecule has 4 heteroatoms. The van der Waals surface area contributed by atoms with Crippen LogP contribution < -0.4 is 4.74 Å². The summed E-state index contributed by atoms with van der Waals surface area (Å²) in [7, 11) is 3.73. The molecule has 0 aliphatic carbocycles. The first-order chi connectivity index (χ1) is 8.63. The summed E-state index contributed by atoms with van der Waals surface area (Å²) in [4.78, 5) is 2.24. The van der Waals surface area contributed by atoms with Crippen LogP contribution in [-0.2, 0) is 0 Å². The summed E-state index contributed by atoms with van der Waals surface area (Å²) < 4.78 is 5.36. The van der Waals surface area contributed by atoms with Crippen molar-refractivity contribution in [1.29, 1.82) is 0 Å². The lowest BCUT2D eigenvalue weighted by Crippen LogP contribution is -2.43. The third-order valence-electron chi connectivity index (χ3n) is 3.51. The first-order valence-electron chi connectivity index (χ1n) is 6.24. The lowest BCUT2D eigenvalue weighted by molar-refractivity contribution is 0.0738. The quantitative estimate of drug-likeness (QED) is 0.909. The van der Waals surface area contributed by atoms with Crippen molar-refractivity contribution < 1.29 is 9.84 Å². The summed E-state index contributed by atoms with van der Waals surface area (Å²) in [6, 6.07) is 6.13. The van der Waals surface area contributed by atoms with Crippen molar-refractivity contribution in [2.75, 3.05) is 32.2 Å². The molecule has 2 unspecified atom stereocenters. The predicted octanol–water partition coefficient (Wildman–Crippen LogP) is 2.08. The third-order valence-corrected chi connectivity index (χ3v) is 4.56. The number of rotatable bonds is 3. The molecular weight excluding hydrogens is 246 g/mol. The molecule has 2 rings (SSSR count). The molecule has 100 valence electrons. The Labute approximate surface area is 113 Å². The molecule has 2 atom stereocenters. The van der Waals surface area contributed by atoms with Crippen molar-refractivity contribution in [3.8, 4) is 5.75 Å². The molecule has 1 aliphatic heterocycles. The fourth-order valence-electron chi connectivity index (χ4n) is 2.33. The highest BCUT2D eigenvalue weighted by molar-refractivity contribution is 7.99. The van der Waals surface area contributed by atoms with Crippen LogP contribution in [0.15, 0.2) is 18.2 Å². The van der Waals surface area contributed by atoms with E-state index in [0.29, 0.717) is 0 Å². The van der Waals surface area contributed by atoms with Gasteiger partial charge in [-0.05, 0) is 26.1 Å². The summed E-state index contributed by atoms with van der Waals surface area (Å²) in [5, 5.41) is 10.6. The highest BCUT2D eigenvalue weighted by Crippen LogP contribution is 2.32. The Balaban J connectivity index is 2.26. The molecule has 0 amide bonds. The van der Waals surface area contributed by atoms with E-state index in [4.69, 9.17) is 4.74 Å². The third kappa shape index (κ3) is 2.82. The van der Waals surface area contributed by atoms with Gasteiger partial charge in [0.25, 0.3) is 0 Å². The van der Waals surface area contributed by atoms with Crippen LogP contribution in [0.25, 0.3) is 0 Å². The van der Waals surface area contributed by atoms with Gasteiger partial charge in [0.05, 0.1) is 13.2 Å². The first-order valence-corrected chi connectivity index (χ1v) is 7.39. The van der Waals surface area contributed by atoms with Crippen LogP contribution in [0.4, 0.5) is 0 Å². The predicted molar refractivity (Wildman–Crippen MR) is 76.4 cm³/mol. The number of aliphatic hydroxyl groups excluding tert-OH is 1. The summed E-state index contributed by atoms with van der Waals surface area (Å²) in [6.07, 6.45) is -0.488. The van der Waals surface area contributed by atoms with Gasteiger partial charge in [-0.25, -0.2) is 0 Å². The lowest BCUT2D eigenvalue weighted by Gasteiger charge is -2.35. The standard InChI is InChI=1S/C14H21NO2S/c1-10-4-5-13(17-3)11(8-10)14(16)12-9-18-7-6-15(12)2/h4-5,8,12,14,16H,6-7,9H2,1-3H3. The Morgan fingerprint density at radius 1 is 1.50 bits per heavy atom. The van der Waals surface area contributed by atoms with E-state index in [-0.39, 0.29) is 6.04 Å². The zero-order valence-corrected chi connectivity index (χ0v) is 12.0. The van der Waals surface area contributed by atoms with E-state index in [0.717, 1.165) is 34.9 Å². The number of hydrogen-bond acceptors (Lipinski definition) is 4.